The molecule has 1 saturated heterocycles. The Labute approximate surface area is 153 Å². The molecule has 0 aliphatic carbocycles. The van der Waals surface area contributed by atoms with Crippen molar-refractivity contribution < 1.29 is 14.3 Å². The SMILES string of the molecule is COc1cccc(CN2CCC[C@]3(CNC(=O)c4ccccc4O3)C2)c1. The number of piperidine rings is 1. The third-order valence-corrected chi connectivity index (χ3v) is 5.19. The summed E-state index contributed by atoms with van der Waals surface area (Å²) in [7, 11) is 1.69. The second kappa shape index (κ2) is 7.00. The molecule has 2 aromatic carbocycles. The van der Waals surface area contributed by atoms with E-state index in [2.05, 4.69) is 22.3 Å². The fourth-order valence-corrected chi connectivity index (χ4v) is 3.93. The standard InChI is InChI=1S/C21H24N2O3/c1-25-17-7-4-6-16(12-17)13-23-11-5-10-21(15-23)14-22-20(24)18-8-2-3-9-19(18)26-21/h2-4,6-9,12H,5,10-11,13-15H2,1H3,(H,22,24)/t21-/m0/s1. The maximum Gasteiger partial charge on any atom is 0.255 e. The molecular formula is C21H24N2O3. The number of nitrogens with zero attached hydrogens (tertiary/aromatic N) is 1. The summed E-state index contributed by atoms with van der Waals surface area (Å²) in [5.74, 6) is 1.51. The molecule has 2 heterocycles. The zero-order valence-corrected chi connectivity index (χ0v) is 15.0. The number of hydrogen-bond acceptors (Lipinski definition) is 4. The largest absolute Gasteiger partial charge is 0.497 e. The second-order valence-electron chi connectivity index (χ2n) is 7.13. The molecule has 1 spiro atoms. The van der Waals surface area contributed by atoms with Crippen molar-refractivity contribution in [1.82, 2.24) is 10.2 Å². The van der Waals surface area contributed by atoms with Crippen molar-refractivity contribution in [2.45, 2.75) is 25.0 Å². The number of nitrogens with one attached hydrogen (secondary N) is 1. The highest BCUT2D eigenvalue weighted by atomic mass is 16.5. The smallest absolute Gasteiger partial charge is 0.255 e. The summed E-state index contributed by atoms with van der Waals surface area (Å²) in [6.07, 6.45) is 1.98. The van der Waals surface area contributed by atoms with Crippen LogP contribution in [0.25, 0.3) is 0 Å². The van der Waals surface area contributed by atoms with Gasteiger partial charge < -0.3 is 14.8 Å². The molecule has 0 aromatic heterocycles. The average molecular weight is 352 g/mol. The van der Waals surface area contributed by atoms with Crippen LogP contribution in [-0.4, -0.2) is 43.2 Å². The van der Waals surface area contributed by atoms with Crippen LogP contribution in [0.4, 0.5) is 0 Å². The van der Waals surface area contributed by atoms with Crippen LogP contribution >= 0.6 is 0 Å². The molecule has 5 nitrogen and oxygen atoms in total. The van der Waals surface area contributed by atoms with Gasteiger partial charge in [0.25, 0.3) is 5.91 Å². The Bertz CT molecular complexity index is 807. The summed E-state index contributed by atoms with van der Waals surface area (Å²) in [4.78, 5) is 14.8. The van der Waals surface area contributed by atoms with E-state index >= 15 is 0 Å². The van der Waals surface area contributed by atoms with E-state index < -0.39 is 0 Å². The normalized spacial score (nSPS) is 22.9. The van der Waals surface area contributed by atoms with E-state index in [4.69, 9.17) is 9.47 Å². The van der Waals surface area contributed by atoms with Gasteiger partial charge in [-0.3, -0.25) is 9.69 Å². The van der Waals surface area contributed by atoms with Crippen molar-refractivity contribution in [2.24, 2.45) is 0 Å². The second-order valence-corrected chi connectivity index (χ2v) is 7.13. The molecule has 5 heteroatoms. The lowest BCUT2D eigenvalue weighted by atomic mass is 9.92. The number of carbonyl (C=O) groups excluding carboxylic acids is 1. The maximum absolute atomic E-state index is 12.4. The first-order chi connectivity index (χ1) is 12.7. The van der Waals surface area contributed by atoms with E-state index in [0.717, 1.165) is 38.2 Å². The van der Waals surface area contributed by atoms with Crippen LogP contribution in [0.5, 0.6) is 11.5 Å². The minimum Gasteiger partial charge on any atom is -0.497 e. The fourth-order valence-electron chi connectivity index (χ4n) is 3.93. The maximum atomic E-state index is 12.4. The van der Waals surface area contributed by atoms with Crippen LogP contribution in [0.3, 0.4) is 0 Å². The Morgan fingerprint density at radius 1 is 1.23 bits per heavy atom. The van der Waals surface area contributed by atoms with E-state index in [1.807, 2.05) is 36.4 Å². The molecule has 2 aliphatic rings. The molecule has 2 aliphatic heterocycles. The van der Waals surface area contributed by atoms with Gasteiger partial charge >= 0.3 is 0 Å². The predicted octanol–water partition coefficient (Wildman–Crippen LogP) is 2.85. The van der Waals surface area contributed by atoms with Crippen molar-refractivity contribution in [2.75, 3.05) is 26.7 Å². The number of benzene rings is 2. The van der Waals surface area contributed by atoms with Gasteiger partial charge in [-0.05, 0) is 49.2 Å². The van der Waals surface area contributed by atoms with E-state index in [0.29, 0.717) is 17.9 Å². The summed E-state index contributed by atoms with van der Waals surface area (Å²) >= 11 is 0. The van der Waals surface area contributed by atoms with E-state index in [-0.39, 0.29) is 11.5 Å². The quantitative estimate of drug-likeness (QED) is 0.923. The molecule has 26 heavy (non-hydrogen) atoms. The van der Waals surface area contributed by atoms with Crippen LogP contribution in [0.1, 0.15) is 28.8 Å². The van der Waals surface area contributed by atoms with Crippen molar-refractivity contribution in [3.63, 3.8) is 0 Å². The lowest BCUT2D eigenvalue weighted by Gasteiger charge is -2.42. The third kappa shape index (κ3) is 3.40. The van der Waals surface area contributed by atoms with Gasteiger partial charge in [-0.2, -0.15) is 0 Å². The van der Waals surface area contributed by atoms with Crippen LogP contribution in [-0.2, 0) is 6.54 Å². The van der Waals surface area contributed by atoms with Gasteiger partial charge in [0.05, 0.1) is 19.2 Å². The first kappa shape index (κ1) is 16.9. The average Bonchev–Trinajstić information content (AvgIpc) is 2.79. The highest BCUT2D eigenvalue weighted by Crippen LogP contribution is 2.32. The summed E-state index contributed by atoms with van der Waals surface area (Å²) in [6, 6.07) is 15.7. The lowest BCUT2D eigenvalue weighted by molar-refractivity contribution is -0.00705. The number of methoxy groups -OCH3 is 1. The topological polar surface area (TPSA) is 50.8 Å². The summed E-state index contributed by atoms with van der Waals surface area (Å²) in [6.45, 7) is 3.20. The Morgan fingerprint density at radius 2 is 2.12 bits per heavy atom. The Kier molecular flexibility index (Phi) is 4.55. The molecule has 2 aromatic rings. The number of likely N-dealkylation sites (tertiary alicyclic amines) is 1. The Hall–Kier alpha value is -2.53. The molecule has 0 radical (unpaired) electrons. The molecule has 1 N–H and O–H groups in total. The van der Waals surface area contributed by atoms with Crippen molar-refractivity contribution >= 4 is 5.91 Å². The summed E-state index contributed by atoms with van der Waals surface area (Å²) < 4.78 is 11.7. The number of para-hydroxylation sites is 1. The van der Waals surface area contributed by atoms with Gasteiger partial charge in [0.15, 0.2) is 0 Å². The highest BCUT2D eigenvalue weighted by molar-refractivity contribution is 5.97. The van der Waals surface area contributed by atoms with Crippen molar-refractivity contribution in [1.29, 1.82) is 0 Å². The van der Waals surface area contributed by atoms with Crippen LogP contribution in [0.2, 0.25) is 0 Å². The van der Waals surface area contributed by atoms with E-state index in [9.17, 15) is 4.79 Å². The lowest BCUT2D eigenvalue weighted by Crippen LogP contribution is -2.56. The number of fused-ring (bicyclic) bond motifs is 1. The molecule has 0 unspecified atom stereocenters. The monoisotopic (exact) mass is 352 g/mol. The molecule has 0 bridgehead atoms. The summed E-state index contributed by atoms with van der Waals surface area (Å²) in [5.41, 5.74) is 1.47. The highest BCUT2D eigenvalue weighted by Gasteiger charge is 2.40. The molecule has 1 atom stereocenters. The van der Waals surface area contributed by atoms with E-state index in [1.54, 1.807) is 7.11 Å². The zero-order chi connectivity index (χ0) is 18.0. The van der Waals surface area contributed by atoms with Gasteiger partial charge in [0, 0.05) is 13.1 Å². The number of amides is 1. The summed E-state index contributed by atoms with van der Waals surface area (Å²) in [5, 5.41) is 3.05. The number of hydrogen-bond donors (Lipinski definition) is 1. The van der Waals surface area contributed by atoms with Crippen molar-refractivity contribution in [3.05, 3.63) is 59.7 Å². The third-order valence-electron chi connectivity index (χ3n) is 5.19. The Morgan fingerprint density at radius 3 is 3.00 bits per heavy atom. The Balaban J connectivity index is 1.53. The van der Waals surface area contributed by atoms with Gasteiger partial charge in [0.2, 0.25) is 0 Å². The van der Waals surface area contributed by atoms with Gasteiger partial charge in [-0.25, -0.2) is 0 Å². The minimum absolute atomic E-state index is 0.0533. The number of rotatable bonds is 3. The molecule has 136 valence electrons. The molecule has 1 amide bonds. The first-order valence-electron chi connectivity index (χ1n) is 9.09. The zero-order valence-electron chi connectivity index (χ0n) is 15.0. The van der Waals surface area contributed by atoms with Crippen LogP contribution < -0.4 is 14.8 Å². The van der Waals surface area contributed by atoms with Crippen molar-refractivity contribution in [3.8, 4) is 11.5 Å². The minimum atomic E-state index is -0.376. The fraction of sp³-hybridized carbons (Fsp3) is 0.381. The predicted molar refractivity (Wildman–Crippen MR) is 99.6 cm³/mol. The van der Waals surface area contributed by atoms with Crippen LogP contribution in [0.15, 0.2) is 48.5 Å². The number of ether oxygens (including phenoxy) is 2. The van der Waals surface area contributed by atoms with Gasteiger partial charge in [-0.15, -0.1) is 0 Å². The molecule has 0 saturated carbocycles. The van der Waals surface area contributed by atoms with Gasteiger partial charge in [0.1, 0.15) is 17.1 Å². The molecule has 1 fully saturated rings. The molecular weight excluding hydrogens is 328 g/mol. The number of carbonyl (C=O) groups is 1. The van der Waals surface area contributed by atoms with Crippen LogP contribution in [0, 0.1) is 0 Å². The van der Waals surface area contributed by atoms with E-state index in [1.165, 1.54) is 5.56 Å². The first-order valence-corrected chi connectivity index (χ1v) is 9.09. The molecule has 4 rings (SSSR count). The van der Waals surface area contributed by atoms with Gasteiger partial charge in [-0.1, -0.05) is 24.3 Å².